The Morgan fingerprint density at radius 3 is 2.55 bits per heavy atom. The number of halogens is 1. The zero-order chi connectivity index (χ0) is 16.2. The summed E-state index contributed by atoms with van der Waals surface area (Å²) in [6.07, 6.45) is 5.10. The largest absolute Gasteiger partial charge is 0.345 e. The van der Waals surface area contributed by atoms with Crippen molar-refractivity contribution in [3.8, 4) is 0 Å². The molecule has 3 nitrogen and oxygen atoms in total. The second-order valence-corrected chi connectivity index (χ2v) is 7.58. The van der Waals surface area contributed by atoms with Gasteiger partial charge in [0.2, 0.25) is 0 Å². The van der Waals surface area contributed by atoms with Crippen molar-refractivity contribution in [3.63, 3.8) is 0 Å². The number of nitrogens with one attached hydrogen (secondary N) is 2. The van der Waals surface area contributed by atoms with Crippen LogP contribution in [0.25, 0.3) is 0 Å². The van der Waals surface area contributed by atoms with E-state index in [2.05, 4.69) is 76.3 Å². The normalized spacial score (nSPS) is 13.3. The van der Waals surface area contributed by atoms with Crippen molar-refractivity contribution in [2.75, 3.05) is 7.05 Å². The molecule has 1 aromatic heterocycles. The molecule has 0 spiro atoms. The Hall–Kier alpha value is -1.13. The van der Waals surface area contributed by atoms with E-state index in [1.165, 1.54) is 11.3 Å². The molecule has 120 valence electrons. The van der Waals surface area contributed by atoms with Gasteiger partial charge in [-0.05, 0) is 43.0 Å². The second kappa shape index (κ2) is 7.42. The van der Waals surface area contributed by atoms with Gasteiger partial charge < -0.3 is 10.3 Å². The van der Waals surface area contributed by atoms with Gasteiger partial charge in [-0.2, -0.15) is 0 Å². The number of imidazole rings is 1. The van der Waals surface area contributed by atoms with Gasteiger partial charge in [-0.1, -0.05) is 55.3 Å². The van der Waals surface area contributed by atoms with Crippen molar-refractivity contribution in [2.45, 2.75) is 46.1 Å². The Bertz CT molecular complexity index is 587. The summed E-state index contributed by atoms with van der Waals surface area (Å²) >= 11 is 3.48. The molecule has 2 rings (SSSR count). The van der Waals surface area contributed by atoms with Crippen LogP contribution in [0.2, 0.25) is 0 Å². The lowest BCUT2D eigenvalue weighted by atomic mass is 9.85. The van der Waals surface area contributed by atoms with E-state index in [9.17, 15) is 0 Å². The molecule has 0 aliphatic carbocycles. The van der Waals surface area contributed by atoms with Crippen LogP contribution in [0.3, 0.4) is 0 Å². The minimum absolute atomic E-state index is 0.208. The molecular weight excluding hydrogens is 338 g/mol. The third-order valence-corrected chi connectivity index (χ3v) is 4.83. The Morgan fingerprint density at radius 2 is 1.95 bits per heavy atom. The third-order valence-electron chi connectivity index (χ3n) is 4.31. The monoisotopic (exact) mass is 363 g/mol. The third kappa shape index (κ3) is 4.68. The summed E-state index contributed by atoms with van der Waals surface area (Å²) in [6, 6.07) is 8.68. The van der Waals surface area contributed by atoms with Gasteiger partial charge in [0.05, 0.1) is 6.04 Å². The zero-order valence-electron chi connectivity index (χ0n) is 13.9. The molecule has 4 heteroatoms. The summed E-state index contributed by atoms with van der Waals surface area (Å²) < 4.78 is 1.11. The average Bonchev–Trinajstić information content (AvgIpc) is 2.94. The number of rotatable bonds is 7. The maximum absolute atomic E-state index is 4.59. The molecule has 1 unspecified atom stereocenters. The number of aromatic amines is 1. The second-order valence-electron chi connectivity index (χ2n) is 6.66. The lowest BCUT2D eigenvalue weighted by Gasteiger charge is -2.21. The first-order valence-corrected chi connectivity index (χ1v) is 8.68. The van der Waals surface area contributed by atoms with Crippen LogP contribution >= 0.6 is 15.9 Å². The molecule has 2 N–H and O–H groups in total. The van der Waals surface area contributed by atoms with Crippen molar-refractivity contribution in [2.24, 2.45) is 5.41 Å². The van der Waals surface area contributed by atoms with Gasteiger partial charge in [0.25, 0.3) is 0 Å². The van der Waals surface area contributed by atoms with Gasteiger partial charge in [-0.3, -0.25) is 0 Å². The van der Waals surface area contributed by atoms with Crippen LogP contribution in [0.1, 0.15) is 50.3 Å². The average molecular weight is 364 g/mol. The molecule has 1 atom stereocenters. The van der Waals surface area contributed by atoms with E-state index >= 15 is 0 Å². The minimum atomic E-state index is 0.208. The van der Waals surface area contributed by atoms with E-state index in [-0.39, 0.29) is 6.04 Å². The number of H-pyrrole nitrogens is 1. The number of hydrogen-bond donors (Lipinski definition) is 2. The molecule has 0 amide bonds. The quantitative estimate of drug-likeness (QED) is 0.751. The highest BCUT2D eigenvalue weighted by atomic mass is 79.9. The van der Waals surface area contributed by atoms with E-state index in [0.29, 0.717) is 5.41 Å². The maximum atomic E-state index is 4.59. The first-order chi connectivity index (χ1) is 10.4. The van der Waals surface area contributed by atoms with E-state index in [4.69, 9.17) is 0 Å². The SMILES string of the molecule is CCC(C)(C)Cc1cnc(C(Cc2ccc(Br)cc2)NC)[nH]1. The highest BCUT2D eigenvalue weighted by molar-refractivity contribution is 9.10. The van der Waals surface area contributed by atoms with Crippen LogP contribution in [0, 0.1) is 5.41 Å². The van der Waals surface area contributed by atoms with Crippen LogP contribution < -0.4 is 5.32 Å². The van der Waals surface area contributed by atoms with E-state index in [1.807, 2.05) is 13.2 Å². The van der Waals surface area contributed by atoms with Crippen molar-refractivity contribution in [3.05, 3.63) is 52.0 Å². The van der Waals surface area contributed by atoms with Gasteiger partial charge in [-0.25, -0.2) is 4.98 Å². The summed E-state index contributed by atoms with van der Waals surface area (Å²) in [5, 5.41) is 3.37. The van der Waals surface area contributed by atoms with Crippen molar-refractivity contribution in [1.82, 2.24) is 15.3 Å². The van der Waals surface area contributed by atoms with Gasteiger partial charge in [0, 0.05) is 16.4 Å². The minimum Gasteiger partial charge on any atom is -0.345 e. The van der Waals surface area contributed by atoms with Crippen molar-refractivity contribution >= 4 is 15.9 Å². The van der Waals surface area contributed by atoms with Crippen LogP contribution in [0.15, 0.2) is 34.9 Å². The van der Waals surface area contributed by atoms with Crippen LogP contribution in [0.5, 0.6) is 0 Å². The fourth-order valence-corrected chi connectivity index (χ4v) is 2.74. The Balaban J connectivity index is 2.08. The van der Waals surface area contributed by atoms with Crippen molar-refractivity contribution in [1.29, 1.82) is 0 Å². The molecule has 2 aromatic rings. The van der Waals surface area contributed by atoms with Gasteiger partial charge in [-0.15, -0.1) is 0 Å². The molecule has 0 fully saturated rings. The highest BCUT2D eigenvalue weighted by Crippen LogP contribution is 2.25. The summed E-state index contributed by atoms with van der Waals surface area (Å²) in [5.41, 5.74) is 2.83. The fraction of sp³-hybridized carbons (Fsp3) is 0.500. The number of hydrogen-bond acceptors (Lipinski definition) is 2. The zero-order valence-corrected chi connectivity index (χ0v) is 15.5. The van der Waals surface area contributed by atoms with Crippen LogP contribution in [0.4, 0.5) is 0 Å². The standard InChI is InChI=1S/C18H26BrN3/c1-5-18(2,3)11-15-12-21-17(22-15)16(20-4)10-13-6-8-14(19)9-7-13/h6-9,12,16,20H,5,10-11H2,1-4H3,(H,21,22). The predicted molar refractivity (Wildman–Crippen MR) is 96.0 cm³/mol. The molecule has 0 saturated heterocycles. The molecule has 22 heavy (non-hydrogen) atoms. The fourth-order valence-electron chi connectivity index (χ4n) is 2.48. The molecule has 1 aromatic carbocycles. The predicted octanol–water partition coefficient (Wildman–Crippen LogP) is 4.65. The lowest BCUT2D eigenvalue weighted by molar-refractivity contribution is 0.345. The number of aromatic nitrogens is 2. The Kier molecular flexibility index (Phi) is 5.81. The maximum Gasteiger partial charge on any atom is 0.123 e. The highest BCUT2D eigenvalue weighted by Gasteiger charge is 2.19. The molecule has 0 radical (unpaired) electrons. The van der Waals surface area contributed by atoms with Gasteiger partial charge in [0.1, 0.15) is 5.82 Å². The summed E-state index contributed by atoms with van der Waals surface area (Å²) in [5.74, 6) is 1.02. The summed E-state index contributed by atoms with van der Waals surface area (Å²) in [7, 11) is 1.99. The van der Waals surface area contributed by atoms with Crippen molar-refractivity contribution < 1.29 is 0 Å². The van der Waals surface area contributed by atoms with E-state index in [0.717, 1.165) is 29.6 Å². The molecule has 0 aliphatic rings. The van der Waals surface area contributed by atoms with Gasteiger partial charge in [0.15, 0.2) is 0 Å². The van der Waals surface area contributed by atoms with Crippen LogP contribution in [-0.2, 0) is 12.8 Å². The molecule has 1 heterocycles. The molecule has 0 saturated carbocycles. The molecule has 0 aliphatic heterocycles. The number of nitrogens with zero attached hydrogens (tertiary/aromatic N) is 1. The smallest absolute Gasteiger partial charge is 0.123 e. The van der Waals surface area contributed by atoms with E-state index in [1.54, 1.807) is 0 Å². The topological polar surface area (TPSA) is 40.7 Å². The Morgan fingerprint density at radius 1 is 1.27 bits per heavy atom. The van der Waals surface area contributed by atoms with E-state index < -0.39 is 0 Å². The van der Waals surface area contributed by atoms with Gasteiger partial charge >= 0.3 is 0 Å². The lowest BCUT2D eigenvalue weighted by Crippen LogP contribution is -2.20. The first-order valence-electron chi connectivity index (χ1n) is 7.89. The van der Waals surface area contributed by atoms with Crippen LogP contribution in [-0.4, -0.2) is 17.0 Å². The number of likely N-dealkylation sites (N-methyl/N-ethyl adjacent to an activating group) is 1. The Labute approximate surface area is 142 Å². The first kappa shape index (κ1) is 17.2. The number of benzene rings is 1. The summed E-state index contributed by atoms with van der Waals surface area (Å²) in [4.78, 5) is 8.10. The molecule has 0 bridgehead atoms. The molecular formula is C18H26BrN3. The summed E-state index contributed by atoms with van der Waals surface area (Å²) in [6.45, 7) is 6.83.